The maximum Gasteiger partial charge on any atom is 0.408 e. The van der Waals surface area contributed by atoms with Crippen molar-refractivity contribution in [2.45, 2.75) is 64.4 Å². The van der Waals surface area contributed by atoms with Gasteiger partial charge in [-0.1, -0.05) is 42.5 Å². The largest absolute Gasteiger partial charge is 0.508 e. The van der Waals surface area contributed by atoms with Gasteiger partial charge >= 0.3 is 12.1 Å². The molecule has 3 atom stereocenters. The van der Waals surface area contributed by atoms with Crippen LogP contribution in [-0.4, -0.2) is 64.2 Å². The molecule has 0 radical (unpaired) electrons. The van der Waals surface area contributed by atoms with Crippen molar-refractivity contribution < 1.29 is 33.8 Å². The predicted octanol–water partition coefficient (Wildman–Crippen LogP) is 2.29. The van der Waals surface area contributed by atoms with Crippen LogP contribution in [0.1, 0.15) is 38.8 Å². The third-order valence-corrected chi connectivity index (χ3v) is 5.50. The van der Waals surface area contributed by atoms with E-state index in [1.54, 1.807) is 32.9 Å². The zero-order valence-corrected chi connectivity index (χ0v) is 21.4. The topological polar surface area (TPSA) is 134 Å². The van der Waals surface area contributed by atoms with Crippen LogP contribution in [0, 0.1) is 0 Å². The second-order valence-corrected chi connectivity index (χ2v) is 9.90. The molecule has 1 heterocycles. The molecule has 0 aliphatic carbocycles. The molecular weight excluding hydrogens is 478 g/mol. The monoisotopic (exact) mass is 511 g/mol. The third-order valence-electron chi connectivity index (χ3n) is 5.50. The second kappa shape index (κ2) is 11.8. The number of esters is 1. The van der Waals surface area contributed by atoms with Crippen molar-refractivity contribution in [1.29, 1.82) is 0 Å². The van der Waals surface area contributed by atoms with Crippen LogP contribution >= 0.6 is 0 Å². The van der Waals surface area contributed by atoms with Crippen molar-refractivity contribution in [3.05, 3.63) is 65.7 Å². The fourth-order valence-corrected chi connectivity index (χ4v) is 3.55. The molecule has 37 heavy (non-hydrogen) atoms. The highest BCUT2D eigenvalue weighted by Crippen LogP contribution is 2.22. The molecule has 0 bridgehead atoms. The van der Waals surface area contributed by atoms with Gasteiger partial charge in [-0.15, -0.1) is 0 Å². The van der Waals surface area contributed by atoms with E-state index in [4.69, 9.17) is 9.47 Å². The summed E-state index contributed by atoms with van der Waals surface area (Å²) in [6.45, 7) is 6.87. The molecular formula is C27H33N3O7. The molecule has 10 heteroatoms. The maximum atomic E-state index is 13.2. The van der Waals surface area contributed by atoms with Gasteiger partial charge in [-0.25, -0.2) is 9.59 Å². The summed E-state index contributed by atoms with van der Waals surface area (Å²) in [5.74, 6) is -1.46. The normalized spacial score (nSPS) is 16.2. The summed E-state index contributed by atoms with van der Waals surface area (Å²) in [5, 5.41) is 14.7. The highest BCUT2D eigenvalue weighted by atomic mass is 16.6. The molecule has 0 spiro atoms. The van der Waals surface area contributed by atoms with Gasteiger partial charge in [0.1, 0.15) is 36.1 Å². The summed E-state index contributed by atoms with van der Waals surface area (Å²) >= 11 is 0. The van der Waals surface area contributed by atoms with Gasteiger partial charge in [0.05, 0.1) is 6.54 Å². The first-order valence-corrected chi connectivity index (χ1v) is 12.0. The highest BCUT2D eigenvalue weighted by Gasteiger charge is 2.47. The van der Waals surface area contributed by atoms with Gasteiger partial charge < -0.3 is 30.1 Å². The summed E-state index contributed by atoms with van der Waals surface area (Å²) in [4.78, 5) is 51.9. The Hall–Kier alpha value is -4.08. The number of ether oxygens (including phenoxy) is 2. The van der Waals surface area contributed by atoms with E-state index in [0.717, 1.165) is 5.56 Å². The first-order valence-electron chi connectivity index (χ1n) is 12.0. The van der Waals surface area contributed by atoms with Crippen molar-refractivity contribution in [1.82, 2.24) is 15.5 Å². The van der Waals surface area contributed by atoms with E-state index >= 15 is 0 Å². The fraction of sp³-hybridized carbons (Fsp3) is 0.407. The molecule has 1 fully saturated rings. The van der Waals surface area contributed by atoms with Gasteiger partial charge in [0.15, 0.2) is 0 Å². The summed E-state index contributed by atoms with van der Waals surface area (Å²) < 4.78 is 10.5. The van der Waals surface area contributed by atoms with Crippen molar-refractivity contribution in [2.75, 3.05) is 6.54 Å². The van der Waals surface area contributed by atoms with E-state index in [1.165, 1.54) is 24.0 Å². The lowest BCUT2D eigenvalue weighted by molar-refractivity contribution is -0.148. The van der Waals surface area contributed by atoms with Gasteiger partial charge in [0.2, 0.25) is 11.8 Å². The molecule has 10 nitrogen and oxygen atoms in total. The van der Waals surface area contributed by atoms with Crippen LogP contribution in [-0.2, 0) is 36.9 Å². The number of hydrogen-bond acceptors (Lipinski definition) is 7. The zero-order chi connectivity index (χ0) is 27.2. The first-order chi connectivity index (χ1) is 17.4. The SMILES string of the molecule is C[C@H](NC(=O)[C@@H]1CN1C(=O)[C@H](Cc1ccc(O)cc1)NC(=O)OC(C)(C)C)C(=O)OCc1ccccc1. The van der Waals surface area contributed by atoms with Crippen LogP contribution < -0.4 is 10.6 Å². The Labute approximate surface area is 215 Å². The number of nitrogens with zero attached hydrogens (tertiary/aromatic N) is 1. The van der Waals surface area contributed by atoms with Gasteiger partial charge in [-0.3, -0.25) is 9.59 Å². The van der Waals surface area contributed by atoms with Gasteiger partial charge in [-0.05, 0) is 51.0 Å². The predicted molar refractivity (Wildman–Crippen MR) is 134 cm³/mol. The van der Waals surface area contributed by atoms with Crippen molar-refractivity contribution in [3.8, 4) is 5.75 Å². The lowest BCUT2D eigenvalue weighted by atomic mass is 10.1. The van der Waals surface area contributed by atoms with E-state index in [-0.39, 0.29) is 25.3 Å². The van der Waals surface area contributed by atoms with Gasteiger partial charge in [0.25, 0.3) is 0 Å². The molecule has 0 unspecified atom stereocenters. The molecule has 198 valence electrons. The van der Waals surface area contributed by atoms with E-state index in [1.807, 2.05) is 30.3 Å². The summed E-state index contributed by atoms with van der Waals surface area (Å²) in [6.07, 6.45) is -0.631. The lowest BCUT2D eigenvalue weighted by Gasteiger charge is -2.23. The smallest absolute Gasteiger partial charge is 0.408 e. The van der Waals surface area contributed by atoms with Crippen LogP contribution in [0.25, 0.3) is 0 Å². The molecule has 1 aliphatic rings. The van der Waals surface area contributed by atoms with Crippen LogP contribution in [0.2, 0.25) is 0 Å². The summed E-state index contributed by atoms with van der Waals surface area (Å²) in [5.41, 5.74) is 0.763. The molecule has 3 N–H and O–H groups in total. The first kappa shape index (κ1) is 27.5. The maximum absolute atomic E-state index is 13.2. The Kier molecular flexibility index (Phi) is 8.75. The minimum atomic E-state index is -0.995. The number of carbonyl (C=O) groups excluding carboxylic acids is 4. The van der Waals surface area contributed by atoms with Crippen LogP contribution in [0.15, 0.2) is 54.6 Å². The van der Waals surface area contributed by atoms with Crippen molar-refractivity contribution in [2.24, 2.45) is 0 Å². The zero-order valence-electron chi connectivity index (χ0n) is 21.4. The molecule has 2 aromatic rings. The van der Waals surface area contributed by atoms with Crippen LogP contribution in [0.5, 0.6) is 5.75 Å². The van der Waals surface area contributed by atoms with E-state index in [2.05, 4.69) is 10.6 Å². The summed E-state index contributed by atoms with van der Waals surface area (Å²) in [7, 11) is 0. The Morgan fingerprint density at radius 2 is 1.65 bits per heavy atom. The average Bonchev–Trinajstić information content (AvgIpc) is 3.63. The molecule has 0 saturated carbocycles. The highest BCUT2D eigenvalue weighted by molar-refractivity contribution is 5.97. The molecule has 1 saturated heterocycles. The number of phenolic OH excluding ortho intramolecular Hbond substituents is 1. The summed E-state index contributed by atoms with van der Waals surface area (Å²) in [6, 6.07) is 12.8. The number of phenols is 1. The molecule has 3 rings (SSSR count). The number of nitrogens with one attached hydrogen (secondary N) is 2. The molecule has 1 aliphatic heterocycles. The van der Waals surface area contributed by atoms with Gasteiger partial charge in [-0.2, -0.15) is 0 Å². The minimum Gasteiger partial charge on any atom is -0.508 e. The van der Waals surface area contributed by atoms with Crippen LogP contribution in [0.3, 0.4) is 0 Å². The van der Waals surface area contributed by atoms with E-state index in [0.29, 0.717) is 5.56 Å². The number of rotatable bonds is 9. The quantitative estimate of drug-likeness (QED) is 0.347. The third kappa shape index (κ3) is 8.52. The second-order valence-electron chi connectivity index (χ2n) is 9.90. The standard InChI is InChI=1S/C27H33N3O7/c1-17(25(34)36-16-19-8-6-5-7-9-19)28-23(32)22-15-30(22)24(33)21(29-26(35)37-27(2,3)4)14-18-10-12-20(31)13-11-18/h5-13,17,21-22,31H,14-16H2,1-4H3,(H,28,32)(H,29,35)/t17-,21-,22-,30?/m0/s1. The lowest BCUT2D eigenvalue weighted by Crippen LogP contribution is -2.48. The Morgan fingerprint density at radius 1 is 1.00 bits per heavy atom. The average molecular weight is 512 g/mol. The number of aromatic hydroxyl groups is 1. The van der Waals surface area contributed by atoms with Crippen molar-refractivity contribution in [3.63, 3.8) is 0 Å². The number of benzene rings is 2. The van der Waals surface area contributed by atoms with E-state index in [9.17, 15) is 24.3 Å². The van der Waals surface area contributed by atoms with Crippen molar-refractivity contribution >= 4 is 23.9 Å². The molecule has 2 aromatic carbocycles. The number of hydrogen-bond donors (Lipinski definition) is 3. The van der Waals surface area contributed by atoms with E-state index < -0.39 is 47.6 Å². The number of amides is 3. The Bertz CT molecular complexity index is 1110. The number of alkyl carbamates (subject to hydrolysis) is 1. The molecule has 0 aromatic heterocycles. The number of carbonyl (C=O) groups is 4. The minimum absolute atomic E-state index is 0.0748. The molecule has 3 amide bonds. The van der Waals surface area contributed by atoms with Crippen LogP contribution in [0.4, 0.5) is 4.79 Å². The van der Waals surface area contributed by atoms with Gasteiger partial charge in [0, 0.05) is 6.42 Å². The fourth-order valence-electron chi connectivity index (χ4n) is 3.55. The Balaban J connectivity index is 1.57. The Morgan fingerprint density at radius 3 is 2.27 bits per heavy atom.